The molecule has 15 nitrogen and oxygen atoms in total. The maximum atomic E-state index is 15.2. The Bertz CT molecular complexity index is 2650. The number of nitriles is 1. The van der Waals surface area contributed by atoms with Crippen LogP contribution in [0.15, 0.2) is 54.6 Å². The van der Waals surface area contributed by atoms with Crippen molar-refractivity contribution >= 4 is 35.4 Å². The lowest BCUT2D eigenvalue weighted by Crippen LogP contribution is -2.46. The number of carbonyl (C=O) groups excluding carboxylic acids is 6. The zero-order valence-corrected chi connectivity index (χ0v) is 42.9. The van der Waals surface area contributed by atoms with E-state index in [9.17, 15) is 29.2 Å². The predicted molar refractivity (Wildman–Crippen MR) is 266 cm³/mol. The molecule has 2 heterocycles. The van der Waals surface area contributed by atoms with Crippen molar-refractivity contribution in [1.82, 2.24) is 25.5 Å². The van der Waals surface area contributed by atoms with Gasteiger partial charge in [-0.2, -0.15) is 5.26 Å². The van der Waals surface area contributed by atoms with Crippen LogP contribution in [0.5, 0.6) is 5.75 Å². The first kappa shape index (κ1) is 54.0. The highest BCUT2D eigenvalue weighted by atomic mass is 16.6. The maximum absolute atomic E-state index is 15.2. The van der Waals surface area contributed by atoms with Gasteiger partial charge in [-0.15, -0.1) is 0 Å². The third-order valence-corrected chi connectivity index (χ3v) is 12.4. The molecule has 70 heavy (non-hydrogen) atoms. The van der Waals surface area contributed by atoms with Gasteiger partial charge >= 0.3 is 12.1 Å². The Hall–Kier alpha value is -6.95. The van der Waals surface area contributed by atoms with Crippen molar-refractivity contribution < 1.29 is 43.0 Å². The molecule has 3 amide bonds. The largest absolute Gasteiger partial charge is 0.493 e. The minimum Gasteiger partial charge on any atom is -0.493 e. The van der Waals surface area contributed by atoms with Crippen LogP contribution in [-0.2, 0) is 40.5 Å². The number of alkyl carbamates (subject to hydrolysis) is 1. The van der Waals surface area contributed by atoms with Gasteiger partial charge < -0.3 is 29.7 Å². The number of nitrogens with zero attached hydrogens (tertiary/aromatic N) is 4. The molecule has 4 atom stereocenters. The molecular formula is C55H68N6O9. The first-order valence-corrected chi connectivity index (χ1v) is 23.8. The molecular weight excluding hydrogens is 889 g/mol. The van der Waals surface area contributed by atoms with Crippen molar-refractivity contribution in [2.75, 3.05) is 27.3 Å². The number of rotatable bonds is 13. The molecule has 0 spiro atoms. The first-order chi connectivity index (χ1) is 32.9. The summed E-state index contributed by atoms with van der Waals surface area (Å²) in [4.78, 5) is 95.1. The second kappa shape index (κ2) is 22.6. The van der Waals surface area contributed by atoms with E-state index in [-0.39, 0.29) is 43.2 Å². The lowest BCUT2D eigenvalue weighted by Gasteiger charge is -2.32. The van der Waals surface area contributed by atoms with Gasteiger partial charge in [-0.25, -0.2) is 19.6 Å². The van der Waals surface area contributed by atoms with E-state index in [1.54, 1.807) is 71.9 Å². The summed E-state index contributed by atoms with van der Waals surface area (Å²) in [6.45, 7) is 20.7. The van der Waals surface area contributed by atoms with Gasteiger partial charge in [-0.1, -0.05) is 65.0 Å². The standard InChI is InChI=1S/C55H68N6O9/c1-14-23-69-46-20-17-36-26-42(46)41-27-38(39(30-56)24-31(41)2)28-43(52(66)68-13)60-50(64)32(3)25-45(63)48(36)61(12)51(65)37(21-22-57-53(67)70-55(9,10)11)29-44(62)47-33(4)58-49(59-34(47)5)35-15-18-40(19-16-35)54(6,7)8/h15-20,24,26-27,32,37,43,48H,14,21-23,25,28-29H2,1-13H3,(H,57,67)(H,60,64)/t32-,37-,43+,48+/m1/s1. The predicted octanol–water partition coefficient (Wildman–Crippen LogP) is 8.81. The Labute approximate surface area is 412 Å². The third kappa shape index (κ3) is 13.2. The monoisotopic (exact) mass is 957 g/mol. The number of ether oxygens (including phenoxy) is 3. The molecule has 0 saturated heterocycles. The van der Waals surface area contributed by atoms with E-state index in [1.807, 2.05) is 38.1 Å². The van der Waals surface area contributed by atoms with Gasteiger partial charge in [0.05, 0.1) is 42.3 Å². The average molecular weight is 957 g/mol. The summed E-state index contributed by atoms with van der Waals surface area (Å²) >= 11 is 0. The summed E-state index contributed by atoms with van der Waals surface area (Å²) in [5, 5.41) is 15.7. The van der Waals surface area contributed by atoms with Gasteiger partial charge in [-0.05, 0) is 112 Å². The van der Waals surface area contributed by atoms with Crippen LogP contribution in [0.1, 0.15) is 137 Å². The molecule has 372 valence electrons. The number of amides is 3. The van der Waals surface area contributed by atoms with E-state index >= 15 is 4.79 Å². The number of likely N-dealkylation sites (N-methyl/N-ethyl adjacent to an activating group) is 1. The number of Topliss-reactive ketones (excluding diaryl/α,β-unsaturated/α-hetero) is 2. The van der Waals surface area contributed by atoms with Crippen molar-refractivity contribution in [2.45, 2.75) is 131 Å². The van der Waals surface area contributed by atoms with Crippen LogP contribution in [-0.4, -0.2) is 89.3 Å². The van der Waals surface area contributed by atoms with Crippen LogP contribution in [0.4, 0.5) is 4.79 Å². The molecule has 1 aromatic heterocycles. The minimum absolute atomic E-state index is 0.0117. The van der Waals surface area contributed by atoms with Crippen LogP contribution in [0.25, 0.3) is 22.5 Å². The fourth-order valence-electron chi connectivity index (χ4n) is 8.67. The zero-order valence-electron chi connectivity index (χ0n) is 42.9. The van der Waals surface area contributed by atoms with Crippen molar-refractivity contribution in [3.05, 3.63) is 99.4 Å². The van der Waals surface area contributed by atoms with Gasteiger partial charge in [-0.3, -0.25) is 19.2 Å². The molecule has 1 aliphatic rings. The Balaban J connectivity index is 1.61. The summed E-state index contributed by atoms with van der Waals surface area (Å²) < 4.78 is 16.8. The normalized spacial score (nSPS) is 16.7. The highest BCUT2D eigenvalue weighted by Crippen LogP contribution is 2.39. The number of carbonyl (C=O) groups is 6. The summed E-state index contributed by atoms with van der Waals surface area (Å²) in [6, 6.07) is 16.4. The van der Waals surface area contributed by atoms with Gasteiger partial charge in [0.1, 0.15) is 23.4 Å². The summed E-state index contributed by atoms with van der Waals surface area (Å²) in [7, 11) is 2.68. The molecule has 2 N–H and O–H groups in total. The van der Waals surface area contributed by atoms with Gasteiger partial charge in [0, 0.05) is 55.8 Å². The molecule has 0 aliphatic carbocycles. The number of hydrogen-bond donors (Lipinski definition) is 2. The highest BCUT2D eigenvalue weighted by molar-refractivity contribution is 6.01. The number of hydrogen-bond acceptors (Lipinski definition) is 12. The van der Waals surface area contributed by atoms with Crippen LogP contribution in [0.2, 0.25) is 0 Å². The lowest BCUT2D eigenvalue weighted by molar-refractivity contribution is -0.146. The minimum atomic E-state index is -1.29. The van der Waals surface area contributed by atoms with Crippen LogP contribution < -0.4 is 15.4 Å². The molecule has 4 aromatic rings. The maximum Gasteiger partial charge on any atom is 0.407 e. The number of nitrogens with one attached hydrogen (secondary N) is 2. The fourth-order valence-corrected chi connectivity index (χ4v) is 8.67. The van der Waals surface area contributed by atoms with Crippen molar-refractivity contribution in [3.63, 3.8) is 0 Å². The topological polar surface area (TPSA) is 207 Å². The molecule has 15 heteroatoms. The molecule has 0 unspecified atom stereocenters. The molecule has 5 rings (SSSR count). The Kier molecular flexibility index (Phi) is 17.5. The molecule has 4 bridgehead atoms. The Morgan fingerprint density at radius 3 is 2.17 bits per heavy atom. The van der Waals surface area contributed by atoms with Gasteiger partial charge in [0.25, 0.3) is 0 Å². The summed E-state index contributed by atoms with van der Waals surface area (Å²) in [5.74, 6) is -3.92. The number of aryl methyl sites for hydroxylation is 3. The SMILES string of the molecule is CCCOc1ccc2cc1-c1cc(c(C#N)cc1C)C[C@@H](C(=O)OC)NC(=O)[C@H](C)CC(=O)[C@H]2N(C)C(=O)[C@H](CCNC(=O)OC(C)(C)C)CC(=O)c1c(C)nc(-c2ccc(C(C)(C)C)cc2)nc1C. The van der Waals surface area contributed by atoms with E-state index < -0.39 is 65.0 Å². The summed E-state index contributed by atoms with van der Waals surface area (Å²) in [6.07, 6.45) is -0.748. The Morgan fingerprint density at radius 2 is 1.59 bits per heavy atom. The van der Waals surface area contributed by atoms with Gasteiger partial charge in [0.2, 0.25) is 11.8 Å². The highest BCUT2D eigenvalue weighted by Gasteiger charge is 2.37. The van der Waals surface area contributed by atoms with Gasteiger partial charge in [0.15, 0.2) is 17.4 Å². The van der Waals surface area contributed by atoms with E-state index in [4.69, 9.17) is 24.2 Å². The zero-order chi connectivity index (χ0) is 51.8. The number of fused-ring (bicyclic) bond motifs is 5. The van der Waals surface area contributed by atoms with Crippen molar-refractivity contribution in [3.8, 4) is 34.3 Å². The van der Waals surface area contributed by atoms with E-state index in [0.29, 0.717) is 69.4 Å². The second-order valence-electron chi connectivity index (χ2n) is 20.2. The van der Waals surface area contributed by atoms with Crippen LogP contribution >= 0.6 is 0 Å². The van der Waals surface area contributed by atoms with E-state index in [2.05, 4.69) is 37.5 Å². The van der Waals surface area contributed by atoms with Crippen LogP contribution in [0, 0.1) is 43.9 Å². The molecule has 0 fully saturated rings. The number of ketones is 2. The number of esters is 1. The fraction of sp³-hybridized carbons (Fsp3) is 0.473. The Morgan fingerprint density at radius 1 is 0.929 bits per heavy atom. The third-order valence-electron chi connectivity index (χ3n) is 12.4. The number of benzene rings is 3. The number of aromatic nitrogens is 2. The van der Waals surface area contributed by atoms with E-state index in [1.165, 1.54) is 19.1 Å². The second-order valence-corrected chi connectivity index (χ2v) is 20.2. The van der Waals surface area contributed by atoms with Crippen LogP contribution in [0.3, 0.4) is 0 Å². The lowest BCUT2D eigenvalue weighted by atomic mass is 9.86. The molecule has 0 radical (unpaired) electrons. The van der Waals surface area contributed by atoms with E-state index in [0.717, 1.165) is 11.1 Å². The van der Waals surface area contributed by atoms with Crippen molar-refractivity contribution in [1.29, 1.82) is 5.26 Å². The molecule has 1 aliphatic heterocycles. The summed E-state index contributed by atoms with van der Waals surface area (Å²) in [5.41, 5.74) is 5.31. The molecule has 3 aromatic carbocycles. The number of methoxy groups -OCH3 is 1. The molecule has 0 saturated carbocycles. The quantitative estimate of drug-likeness (QED) is 0.0953. The smallest absolute Gasteiger partial charge is 0.407 e. The average Bonchev–Trinajstić information content (AvgIpc) is 3.28. The van der Waals surface area contributed by atoms with Crippen molar-refractivity contribution in [2.24, 2.45) is 11.8 Å². The first-order valence-electron chi connectivity index (χ1n) is 23.8.